The third-order valence-corrected chi connectivity index (χ3v) is 15.0. The fourth-order valence-corrected chi connectivity index (χ4v) is 12.1. The van der Waals surface area contributed by atoms with Crippen molar-refractivity contribution in [3.63, 3.8) is 0 Å². The maximum Gasteiger partial charge on any atom is 0.172 e. The standard InChI is InChI=1S/C45H67NO11/c1-8-15-46(5)23-31(48-6)20-37-39(49-7)32-19-27(47)18-29-10-12-34-40(52-29)44-43-42(54-34)41-38(55-43)22-45(56-41,57-44)14-13-30-17-25(3)33(50-30)11-9-28-16-24(2)26(4)35(51-28)21-36(32)53-37/h8,24,28-44H,1,3-4,9-23H2,2,5-7H3/t24-,28+,29-,30+,31+,32+,33+,34+,35-,36+,37-,38-,39-,40+,41+,42+,43-,44+,45+/m1/s1. The minimum absolute atomic E-state index is 0.00624. The van der Waals surface area contributed by atoms with Gasteiger partial charge in [-0.05, 0) is 69.1 Å². The minimum atomic E-state index is -0.775. The number of nitrogens with zero attached hydrogens (tertiary/aromatic N) is 1. The summed E-state index contributed by atoms with van der Waals surface area (Å²) in [6, 6.07) is 0. The van der Waals surface area contributed by atoms with Gasteiger partial charge in [0, 0.05) is 71.8 Å². The average molecular weight is 798 g/mol. The van der Waals surface area contributed by atoms with Gasteiger partial charge in [0.25, 0.3) is 0 Å². The second-order valence-corrected chi connectivity index (χ2v) is 18.9. The summed E-state index contributed by atoms with van der Waals surface area (Å²) in [4.78, 5) is 16.5. The van der Waals surface area contributed by atoms with E-state index in [4.69, 9.17) is 47.4 Å². The van der Waals surface area contributed by atoms with Gasteiger partial charge in [0.2, 0.25) is 0 Å². The van der Waals surface area contributed by atoms with Crippen molar-refractivity contribution in [3.8, 4) is 0 Å². The minimum Gasteiger partial charge on any atom is -0.380 e. The predicted octanol–water partition coefficient (Wildman–Crippen LogP) is 5.25. The van der Waals surface area contributed by atoms with Crippen LogP contribution in [0, 0.1) is 11.8 Å². The normalized spacial score (nSPS) is 48.9. The van der Waals surface area contributed by atoms with Gasteiger partial charge in [-0.15, -0.1) is 6.58 Å². The average Bonchev–Trinajstić information content (AvgIpc) is 3.86. The second kappa shape index (κ2) is 16.7. The monoisotopic (exact) mass is 797 g/mol. The molecule has 10 fully saturated rings. The van der Waals surface area contributed by atoms with Gasteiger partial charge in [-0.25, -0.2) is 0 Å². The maximum absolute atomic E-state index is 14.3. The molecule has 10 aliphatic heterocycles. The molecule has 0 aromatic carbocycles. The van der Waals surface area contributed by atoms with Crippen LogP contribution < -0.4 is 0 Å². The number of Topliss-reactive ketones (excluding diaryl/α,β-unsaturated/α-hetero) is 1. The van der Waals surface area contributed by atoms with Crippen LogP contribution in [0.25, 0.3) is 0 Å². The molecule has 1 spiro atoms. The van der Waals surface area contributed by atoms with Gasteiger partial charge < -0.3 is 52.3 Å². The zero-order valence-electron chi connectivity index (χ0n) is 34.6. The Hall–Kier alpha value is -1.55. The molecule has 0 radical (unpaired) electrons. The lowest BCUT2D eigenvalue weighted by Crippen LogP contribution is -2.61. The molecular weight excluding hydrogens is 730 g/mol. The lowest BCUT2D eigenvalue weighted by atomic mass is 9.81. The molecule has 19 atom stereocenters. The van der Waals surface area contributed by atoms with Crippen molar-refractivity contribution >= 4 is 5.78 Å². The number of hydrogen-bond acceptors (Lipinski definition) is 12. The van der Waals surface area contributed by atoms with Crippen molar-refractivity contribution in [2.24, 2.45) is 11.8 Å². The van der Waals surface area contributed by atoms with Gasteiger partial charge in [0.15, 0.2) is 5.79 Å². The highest BCUT2D eigenvalue weighted by molar-refractivity contribution is 5.79. The summed E-state index contributed by atoms with van der Waals surface area (Å²) >= 11 is 0. The first-order valence-electron chi connectivity index (χ1n) is 22.0. The lowest BCUT2D eigenvalue weighted by molar-refractivity contribution is -0.292. The number of methoxy groups -OCH3 is 2. The number of carbonyl (C=O) groups excluding carboxylic acids is 1. The van der Waals surface area contributed by atoms with Crippen LogP contribution in [-0.2, 0) is 52.2 Å². The molecule has 10 heterocycles. The molecule has 10 aliphatic rings. The van der Waals surface area contributed by atoms with Crippen molar-refractivity contribution in [2.45, 2.75) is 194 Å². The Bertz CT molecular complexity index is 1510. The van der Waals surface area contributed by atoms with E-state index in [0.29, 0.717) is 44.4 Å². The highest BCUT2D eigenvalue weighted by atomic mass is 16.8. The Morgan fingerprint density at radius 1 is 0.807 bits per heavy atom. The highest BCUT2D eigenvalue weighted by Crippen LogP contribution is 2.54. The number of fused-ring (bicyclic) bond motifs is 6. The van der Waals surface area contributed by atoms with Gasteiger partial charge in [-0.2, -0.15) is 0 Å². The van der Waals surface area contributed by atoms with E-state index in [-0.39, 0.29) is 109 Å². The summed E-state index contributed by atoms with van der Waals surface area (Å²) < 4.78 is 66.9. The summed E-state index contributed by atoms with van der Waals surface area (Å²) in [5.41, 5.74) is 2.25. The van der Waals surface area contributed by atoms with E-state index in [0.717, 1.165) is 69.2 Å². The number of ketones is 1. The third kappa shape index (κ3) is 8.05. The number of likely N-dealkylation sites (N-methyl/N-ethyl adjacent to an activating group) is 1. The van der Waals surface area contributed by atoms with Crippen molar-refractivity contribution < 1.29 is 52.2 Å². The molecule has 0 saturated carbocycles. The number of rotatable bonds is 8. The molecule has 10 rings (SSSR count). The van der Waals surface area contributed by atoms with E-state index in [1.165, 1.54) is 0 Å². The summed E-state index contributed by atoms with van der Waals surface area (Å²) in [6.07, 6.45) is 8.39. The Labute approximate surface area is 339 Å². The van der Waals surface area contributed by atoms with Crippen LogP contribution in [0.3, 0.4) is 0 Å². The zero-order chi connectivity index (χ0) is 39.6. The molecular formula is C45H67NO11. The van der Waals surface area contributed by atoms with Crippen molar-refractivity contribution in [3.05, 3.63) is 37.0 Å². The fourth-order valence-electron chi connectivity index (χ4n) is 12.1. The molecule has 10 saturated heterocycles. The van der Waals surface area contributed by atoms with E-state index < -0.39 is 5.79 Å². The fraction of sp³-hybridized carbons (Fsp3) is 0.844. The van der Waals surface area contributed by atoms with E-state index in [9.17, 15) is 4.79 Å². The third-order valence-electron chi connectivity index (χ3n) is 15.0. The summed E-state index contributed by atoms with van der Waals surface area (Å²) in [7, 11) is 5.55. The van der Waals surface area contributed by atoms with Gasteiger partial charge in [0.1, 0.15) is 36.3 Å². The van der Waals surface area contributed by atoms with E-state index in [1.807, 2.05) is 6.08 Å². The first-order chi connectivity index (χ1) is 27.5. The molecule has 318 valence electrons. The Morgan fingerprint density at radius 2 is 1.56 bits per heavy atom. The molecule has 0 aromatic heterocycles. The predicted molar refractivity (Wildman–Crippen MR) is 210 cm³/mol. The SMILES string of the molecule is C=CCN(C)C[C@H](C[C@H]1O[C@H]2C[C@H]3O[C@@H](CC[C@@H]4O[C@@H](CC[C@@]56C[C@H]7O[C@H]8[C@@H](O5)[C@H]5O[C@H](CC[C@@H]5O[C@H]8[C@H]7O6)CC(=O)C[C@@H]2[C@H]1OC)CC4=C)C[C@@H](C)C3=C)OC. The van der Waals surface area contributed by atoms with Gasteiger partial charge in [-0.3, -0.25) is 4.79 Å². The molecule has 57 heavy (non-hydrogen) atoms. The van der Waals surface area contributed by atoms with Crippen LogP contribution >= 0.6 is 0 Å². The van der Waals surface area contributed by atoms with Crippen LogP contribution in [0.1, 0.15) is 90.4 Å². The molecule has 0 N–H and O–H groups in total. The first kappa shape index (κ1) is 40.8. The topological polar surface area (TPSA) is 113 Å². The molecule has 12 nitrogen and oxygen atoms in total. The Balaban J connectivity index is 0.981. The summed E-state index contributed by atoms with van der Waals surface area (Å²) in [5.74, 6) is -0.492. The van der Waals surface area contributed by atoms with Crippen LogP contribution in [0.4, 0.5) is 0 Å². The van der Waals surface area contributed by atoms with Crippen LogP contribution in [0.2, 0.25) is 0 Å². The molecule has 0 unspecified atom stereocenters. The highest BCUT2D eigenvalue weighted by Gasteiger charge is 2.68. The van der Waals surface area contributed by atoms with Crippen molar-refractivity contribution in [2.75, 3.05) is 34.4 Å². The van der Waals surface area contributed by atoms with Gasteiger partial charge in [-0.1, -0.05) is 26.2 Å². The Morgan fingerprint density at radius 3 is 2.37 bits per heavy atom. The van der Waals surface area contributed by atoms with Crippen LogP contribution in [-0.4, -0.2) is 148 Å². The number of ether oxygens (including phenoxy) is 10. The number of hydrogen-bond donors (Lipinski definition) is 0. The van der Waals surface area contributed by atoms with E-state index in [2.05, 4.69) is 38.6 Å². The molecule has 0 amide bonds. The summed E-state index contributed by atoms with van der Waals surface area (Å²) in [6.45, 7) is 16.6. The van der Waals surface area contributed by atoms with E-state index in [1.54, 1.807) is 14.2 Å². The molecule has 12 bridgehead atoms. The number of carbonyl (C=O) groups is 1. The Kier molecular flexibility index (Phi) is 12.0. The van der Waals surface area contributed by atoms with Crippen molar-refractivity contribution in [1.29, 1.82) is 0 Å². The van der Waals surface area contributed by atoms with Crippen LogP contribution in [0.15, 0.2) is 37.0 Å². The molecule has 0 aliphatic carbocycles. The maximum atomic E-state index is 14.3. The first-order valence-corrected chi connectivity index (χ1v) is 22.0. The quantitative estimate of drug-likeness (QED) is 0.299. The summed E-state index contributed by atoms with van der Waals surface area (Å²) in [5, 5.41) is 0. The van der Waals surface area contributed by atoms with E-state index >= 15 is 0 Å². The largest absolute Gasteiger partial charge is 0.380 e. The van der Waals surface area contributed by atoms with Crippen molar-refractivity contribution in [1.82, 2.24) is 4.90 Å². The zero-order valence-corrected chi connectivity index (χ0v) is 34.6. The molecule has 0 aromatic rings. The lowest BCUT2D eigenvalue weighted by Gasteiger charge is -2.47. The second-order valence-electron chi connectivity index (χ2n) is 18.9. The smallest absolute Gasteiger partial charge is 0.172 e. The van der Waals surface area contributed by atoms with Crippen LogP contribution in [0.5, 0.6) is 0 Å². The molecule has 12 heteroatoms. The van der Waals surface area contributed by atoms with Gasteiger partial charge in [0.05, 0.1) is 67.1 Å². The van der Waals surface area contributed by atoms with Gasteiger partial charge >= 0.3 is 0 Å².